The molecule has 2 rings (SSSR count). The Morgan fingerprint density at radius 3 is 2.28 bits per heavy atom. The summed E-state index contributed by atoms with van der Waals surface area (Å²) in [4.78, 5) is 16.5. The molecule has 0 unspecified atom stereocenters. The molecule has 5 heteroatoms. The molecule has 0 spiro atoms. The van der Waals surface area contributed by atoms with Gasteiger partial charge in [0.05, 0.1) is 11.4 Å². The number of carbonyl (C=O) groups is 1. The number of ether oxygens (including phenoxy) is 1. The zero-order chi connectivity index (χ0) is 21.8. The van der Waals surface area contributed by atoms with Gasteiger partial charge in [0.2, 0.25) is 0 Å². The quantitative estimate of drug-likeness (QED) is 0.320. The Hall–Kier alpha value is -2.40. The summed E-state index contributed by atoms with van der Waals surface area (Å²) in [6, 6.07) is 10.9. The molecule has 154 valence electrons. The summed E-state index contributed by atoms with van der Waals surface area (Å²) < 4.78 is 20.0. The number of benzene rings is 2. The molecule has 0 aromatic heterocycles. The Morgan fingerprint density at radius 1 is 1.14 bits per heavy atom. The molecule has 0 aliphatic heterocycles. The molecule has 2 aromatic carbocycles. The van der Waals surface area contributed by atoms with Crippen molar-refractivity contribution in [2.45, 2.75) is 47.2 Å². The van der Waals surface area contributed by atoms with Crippen LogP contribution in [0.15, 0.2) is 46.8 Å². The van der Waals surface area contributed by atoms with Crippen molar-refractivity contribution in [3.05, 3.63) is 69.6 Å². The first kappa shape index (κ1) is 22.9. The topological polar surface area (TPSA) is 38.7 Å². The van der Waals surface area contributed by atoms with Gasteiger partial charge in [0.1, 0.15) is 18.0 Å². The summed E-state index contributed by atoms with van der Waals surface area (Å²) >= 11 is 4.26. The minimum absolute atomic E-state index is 0.0241. The van der Waals surface area contributed by atoms with Crippen molar-refractivity contribution in [3.63, 3.8) is 0 Å². The van der Waals surface area contributed by atoms with Crippen molar-refractivity contribution in [2.24, 2.45) is 4.99 Å². The van der Waals surface area contributed by atoms with E-state index in [9.17, 15) is 9.18 Å². The van der Waals surface area contributed by atoms with E-state index in [1.165, 1.54) is 13.8 Å². The fourth-order valence-electron chi connectivity index (χ4n) is 3.15. The zero-order valence-electron chi connectivity index (χ0n) is 17.8. The number of carbonyl (C=O) groups excluding carboxylic acids is 1. The van der Waals surface area contributed by atoms with Crippen LogP contribution in [0.4, 0.5) is 4.39 Å². The lowest BCUT2D eigenvalue weighted by atomic mass is 9.98. The molecule has 0 N–H and O–H groups in total. The number of rotatable bonds is 7. The Bertz CT molecular complexity index is 954. The maximum absolute atomic E-state index is 14.0. The number of halogens is 1. The lowest BCUT2D eigenvalue weighted by molar-refractivity contribution is 0.101. The first-order valence-corrected chi connectivity index (χ1v) is 9.98. The van der Waals surface area contributed by atoms with Crippen LogP contribution in [0.25, 0.3) is 5.70 Å². The zero-order valence-corrected chi connectivity index (χ0v) is 18.7. The van der Waals surface area contributed by atoms with Crippen LogP contribution in [0.3, 0.4) is 0 Å². The number of hydrogen-bond donors (Lipinski definition) is 1. The fourth-order valence-corrected chi connectivity index (χ4v) is 3.36. The maximum Gasteiger partial charge on any atom is 0.160 e. The number of aliphatic imine (C=N–C) groups is 1. The van der Waals surface area contributed by atoms with E-state index in [0.29, 0.717) is 22.6 Å². The molecule has 0 amide bonds. The van der Waals surface area contributed by atoms with Crippen molar-refractivity contribution in [3.8, 4) is 5.75 Å². The molecule has 0 aliphatic rings. The number of nitrogens with zero attached hydrogens (tertiary/aromatic N) is 1. The third-order valence-corrected chi connectivity index (χ3v) is 4.96. The second-order valence-electron chi connectivity index (χ2n) is 7.64. The molecule has 0 aliphatic carbocycles. The van der Waals surface area contributed by atoms with Crippen molar-refractivity contribution in [1.29, 1.82) is 0 Å². The van der Waals surface area contributed by atoms with Crippen molar-refractivity contribution in [1.82, 2.24) is 0 Å². The highest BCUT2D eigenvalue weighted by Crippen LogP contribution is 2.27. The summed E-state index contributed by atoms with van der Waals surface area (Å²) in [6.07, 6.45) is 0. The standard InChI is InChI=1S/C24H28FNO2S/c1-15-7-12-22(17(3)23(15)18(4)27)28-13-16(2)26-21(14-29)19-8-10-20(11-9-19)24(5,6)25/h7-12,14,29H,13H2,1-6H3/b21-14-,26-16?. The Morgan fingerprint density at radius 2 is 1.76 bits per heavy atom. The lowest BCUT2D eigenvalue weighted by Gasteiger charge is -2.15. The van der Waals surface area contributed by atoms with Gasteiger partial charge in [-0.2, -0.15) is 0 Å². The molecule has 0 radical (unpaired) electrons. The van der Waals surface area contributed by atoms with E-state index < -0.39 is 5.67 Å². The average molecular weight is 414 g/mol. The number of ketones is 1. The summed E-state index contributed by atoms with van der Waals surface area (Å²) in [5, 5.41) is 1.62. The third kappa shape index (κ3) is 5.80. The molecule has 0 saturated heterocycles. The highest BCUT2D eigenvalue weighted by atomic mass is 32.1. The molecule has 0 heterocycles. The van der Waals surface area contributed by atoms with Crippen LogP contribution in [-0.4, -0.2) is 18.1 Å². The van der Waals surface area contributed by atoms with Gasteiger partial charge in [-0.25, -0.2) is 4.39 Å². The van der Waals surface area contributed by atoms with E-state index in [1.54, 1.807) is 24.5 Å². The van der Waals surface area contributed by atoms with Gasteiger partial charge in [0.25, 0.3) is 0 Å². The lowest BCUT2D eigenvalue weighted by Crippen LogP contribution is -2.10. The highest BCUT2D eigenvalue weighted by Gasteiger charge is 2.18. The fraction of sp³-hybridized carbons (Fsp3) is 0.333. The second-order valence-corrected chi connectivity index (χ2v) is 7.89. The Kier molecular flexibility index (Phi) is 7.42. The summed E-state index contributed by atoms with van der Waals surface area (Å²) in [5.41, 5.74) is 3.96. The average Bonchev–Trinajstić information content (AvgIpc) is 2.64. The predicted molar refractivity (Wildman–Crippen MR) is 122 cm³/mol. The van der Waals surface area contributed by atoms with Gasteiger partial charge in [-0.05, 0) is 64.1 Å². The molecule has 0 bridgehead atoms. The van der Waals surface area contributed by atoms with Crippen molar-refractivity contribution >= 4 is 29.8 Å². The summed E-state index contributed by atoms with van der Waals surface area (Å²) in [6.45, 7) is 10.6. The first-order chi connectivity index (χ1) is 13.5. The van der Waals surface area contributed by atoms with E-state index in [0.717, 1.165) is 22.4 Å². The van der Waals surface area contributed by atoms with Crippen LogP contribution >= 0.6 is 12.6 Å². The predicted octanol–water partition coefficient (Wildman–Crippen LogP) is 6.48. The van der Waals surface area contributed by atoms with Gasteiger partial charge in [-0.15, -0.1) is 12.6 Å². The van der Waals surface area contributed by atoms with E-state index in [2.05, 4.69) is 17.6 Å². The minimum Gasteiger partial charge on any atom is -0.487 e. The van der Waals surface area contributed by atoms with E-state index in [-0.39, 0.29) is 12.4 Å². The Balaban J connectivity index is 2.17. The molecule has 0 fully saturated rings. The molecule has 2 aromatic rings. The first-order valence-electron chi connectivity index (χ1n) is 9.47. The normalized spacial score (nSPS) is 12.8. The SMILES string of the molecule is CC(=O)c1c(C)ccc(OCC(C)=N/C(=C\S)c2ccc(C(C)(C)F)cc2)c1C. The van der Waals surface area contributed by atoms with E-state index >= 15 is 0 Å². The van der Waals surface area contributed by atoms with Crippen LogP contribution in [0.5, 0.6) is 5.75 Å². The van der Waals surface area contributed by atoms with Gasteiger partial charge >= 0.3 is 0 Å². The number of aryl methyl sites for hydroxylation is 1. The largest absolute Gasteiger partial charge is 0.487 e. The number of alkyl halides is 1. The van der Waals surface area contributed by atoms with E-state index in [1.807, 2.05) is 45.0 Å². The summed E-state index contributed by atoms with van der Waals surface area (Å²) in [5.74, 6) is 0.692. The molecular formula is C24H28FNO2S. The molecule has 3 nitrogen and oxygen atoms in total. The number of hydrogen-bond acceptors (Lipinski definition) is 4. The van der Waals surface area contributed by atoms with Crippen LogP contribution in [0.1, 0.15) is 60.3 Å². The third-order valence-electron chi connectivity index (χ3n) is 4.71. The smallest absolute Gasteiger partial charge is 0.160 e. The monoisotopic (exact) mass is 413 g/mol. The Labute approximate surface area is 178 Å². The van der Waals surface area contributed by atoms with Gasteiger partial charge in [0, 0.05) is 16.7 Å². The minimum atomic E-state index is -1.39. The molecule has 0 atom stereocenters. The van der Waals surface area contributed by atoms with Crippen molar-refractivity contribution < 1.29 is 13.9 Å². The molecule has 29 heavy (non-hydrogen) atoms. The van der Waals surface area contributed by atoms with Gasteiger partial charge in [-0.1, -0.05) is 30.3 Å². The van der Waals surface area contributed by atoms with Gasteiger partial charge in [0.15, 0.2) is 5.78 Å². The summed E-state index contributed by atoms with van der Waals surface area (Å²) in [7, 11) is 0. The number of Topliss-reactive ketones (excluding diaryl/α,β-unsaturated/α-hetero) is 1. The second kappa shape index (κ2) is 9.40. The molecule has 0 saturated carbocycles. The van der Waals surface area contributed by atoms with Crippen LogP contribution in [0, 0.1) is 13.8 Å². The van der Waals surface area contributed by atoms with Gasteiger partial charge < -0.3 is 4.74 Å². The van der Waals surface area contributed by atoms with E-state index in [4.69, 9.17) is 4.74 Å². The maximum atomic E-state index is 14.0. The highest BCUT2D eigenvalue weighted by molar-refractivity contribution is 7.83. The van der Waals surface area contributed by atoms with Gasteiger partial charge in [-0.3, -0.25) is 9.79 Å². The van der Waals surface area contributed by atoms with Crippen LogP contribution in [-0.2, 0) is 5.67 Å². The molecular weight excluding hydrogens is 385 g/mol. The van der Waals surface area contributed by atoms with Crippen molar-refractivity contribution in [2.75, 3.05) is 6.61 Å². The van der Waals surface area contributed by atoms with Crippen LogP contribution < -0.4 is 4.74 Å². The number of thiol groups is 1. The van der Waals surface area contributed by atoms with Crippen LogP contribution in [0.2, 0.25) is 0 Å².